The summed E-state index contributed by atoms with van der Waals surface area (Å²) < 4.78 is 6.69. The summed E-state index contributed by atoms with van der Waals surface area (Å²) in [6, 6.07) is 8.43. The number of nitrogens with zero attached hydrogens (tertiary/aromatic N) is 1. The third-order valence-electron chi connectivity index (χ3n) is 11.6. The molecule has 37 heavy (non-hydrogen) atoms. The molecule has 0 amide bonds. The van der Waals surface area contributed by atoms with Crippen LogP contribution >= 0.6 is 28.1 Å². The molecule has 5 nitrogen and oxygen atoms in total. The number of benzene rings is 1. The number of esters is 1. The average molecular weight is 590 g/mol. The Morgan fingerprint density at radius 3 is 2.73 bits per heavy atom. The monoisotopic (exact) mass is 588 g/mol. The second-order valence-corrected chi connectivity index (χ2v) is 14.7. The lowest BCUT2D eigenvalue weighted by Crippen LogP contribution is -2.60. The van der Waals surface area contributed by atoms with Gasteiger partial charge in [-0.2, -0.15) is 0 Å². The minimum absolute atomic E-state index is 0.0335. The number of carbonyl (C=O) groups is 1. The second kappa shape index (κ2) is 8.92. The third kappa shape index (κ3) is 3.69. The van der Waals surface area contributed by atoms with Crippen LogP contribution in [0.15, 0.2) is 28.7 Å². The van der Waals surface area contributed by atoms with E-state index < -0.39 is 0 Å². The van der Waals surface area contributed by atoms with Crippen molar-refractivity contribution in [2.45, 2.75) is 85.1 Å². The van der Waals surface area contributed by atoms with E-state index in [-0.39, 0.29) is 27.6 Å². The fourth-order valence-corrected chi connectivity index (χ4v) is 11.1. The fraction of sp³-hybridized carbons (Fsp3) is 0.733. The topological polar surface area (TPSA) is 50.8 Å². The van der Waals surface area contributed by atoms with Crippen LogP contribution in [0.2, 0.25) is 0 Å². The lowest BCUT2D eigenvalue weighted by atomic mass is 9.39. The third-order valence-corrected chi connectivity index (χ3v) is 12.4. The van der Waals surface area contributed by atoms with Crippen molar-refractivity contribution in [3.8, 4) is 0 Å². The summed E-state index contributed by atoms with van der Waals surface area (Å²) in [7, 11) is 0. The Kier molecular flexibility index (Phi) is 6.28. The number of halogens is 1. The van der Waals surface area contributed by atoms with E-state index in [1.54, 1.807) is 0 Å². The zero-order chi connectivity index (χ0) is 26.2. The molecule has 0 unspecified atom stereocenters. The van der Waals surface area contributed by atoms with Crippen molar-refractivity contribution >= 4 is 44.9 Å². The number of hydrogen-bond acceptors (Lipinski definition) is 4. The summed E-state index contributed by atoms with van der Waals surface area (Å²) in [5.74, 6) is 1.52. The quantitative estimate of drug-likeness (QED) is 0.294. The van der Waals surface area contributed by atoms with Crippen molar-refractivity contribution in [3.63, 3.8) is 0 Å². The molecule has 1 N–H and O–H groups in total. The zero-order valence-electron chi connectivity index (χ0n) is 22.6. The van der Waals surface area contributed by atoms with E-state index in [9.17, 15) is 4.79 Å². The Bertz CT molecular complexity index is 1120. The molecule has 0 aromatic heterocycles. The number of hydrogen-bond donors (Lipinski definition) is 1. The number of nitrogens with one attached hydrogen (secondary N) is 1. The Balaban J connectivity index is 1.30. The highest BCUT2D eigenvalue weighted by atomic mass is 79.9. The van der Waals surface area contributed by atoms with Gasteiger partial charge in [-0.05, 0) is 117 Å². The van der Waals surface area contributed by atoms with Crippen LogP contribution in [-0.2, 0) is 14.4 Å². The number of thiocarbonyl (C=S) groups is 1. The van der Waals surface area contributed by atoms with Gasteiger partial charge in [0.1, 0.15) is 0 Å². The van der Waals surface area contributed by atoms with Gasteiger partial charge >= 0.3 is 5.97 Å². The van der Waals surface area contributed by atoms with Crippen LogP contribution in [0, 0.1) is 39.4 Å². The predicted molar refractivity (Wildman–Crippen MR) is 153 cm³/mol. The lowest BCUT2D eigenvalue weighted by molar-refractivity contribution is -0.195. The van der Waals surface area contributed by atoms with E-state index in [0.29, 0.717) is 35.5 Å². The molecule has 1 saturated heterocycles. The van der Waals surface area contributed by atoms with Gasteiger partial charge in [-0.3, -0.25) is 9.63 Å². The van der Waals surface area contributed by atoms with E-state index in [2.05, 4.69) is 53.1 Å². The van der Waals surface area contributed by atoms with Crippen molar-refractivity contribution in [3.05, 3.63) is 28.7 Å². The van der Waals surface area contributed by atoms with Crippen molar-refractivity contribution < 1.29 is 14.4 Å². The normalized spacial score (nSPS) is 44.0. The molecule has 8 atom stereocenters. The van der Waals surface area contributed by atoms with Gasteiger partial charge in [0.05, 0.1) is 24.7 Å². The van der Waals surface area contributed by atoms with E-state index in [0.717, 1.165) is 36.0 Å². The minimum Gasteiger partial charge on any atom is -0.466 e. The standard InChI is InChI=1S/C30H41BrN2O3S/c1-5-35-25(34)29(4)13-7-12-28(3)22(29)11-15-30-18-27(2,14-10-23(28)30)24-21(30)17-36-33(24)26(37)32-20-9-6-8-19(31)16-20/h6,8-9,16,21-24H,5,7,10-15,17-18H2,1-4H3,(H,32,37)/t21-,22+,23+,24+,27+,28-,29-,30-/m1/s1. The van der Waals surface area contributed by atoms with Crippen LogP contribution in [0.1, 0.15) is 79.1 Å². The van der Waals surface area contributed by atoms with E-state index in [1.165, 1.54) is 32.1 Å². The highest BCUT2D eigenvalue weighted by molar-refractivity contribution is 9.10. The minimum atomic E-state index is -0.364. The molecule has 1 spiro atoms. The summed E-state index contributed by atoms with van der Waals surface area (Å²) in [5.41, 5.74) is 1.22. The number of fused-ring (bicyclic) bond motifs is 5. The maximum absolute atomic E-state index is 13.3. The van der Waals surface area contributed by atoms with Crippen LogP contribution in [0.3, 0.4) is 0 Å². The molecular weight excluding hydrogens is 548 g/mol. The van der Waals surface area contributed by atoms with E-state index in [1.807, 2.05) is 25.1 Å². The van der Waals surface area contributed by atoms with Crippen molar-refractivity contribution in [1.29, 1.82) is 0 Å². The number of carbonyl (C=O) groups excluding carboxylic acids is 1. The first kappa shape index (κ1) is 26.1. The molecule has 0 radical (unpaired) electrons. The first-order valence-electron chi connectivity index (χ1n) is 14.2. The van der Waals surface area contributed by atoms with Gasteiger partial charge in [-0.25, -0.2) is 5.06 Å². The van der Waals surface area contributed by atoms with Crippen LogP contribution in [0.5, 0.6) is 0 Å². The molecule has 4 aliphatic carbocycles. The lowest BCUT2D eigenvalue weighted by Gasteiger charge is -2.64. The molecule has 2 bridgehead atoms. The number of rotatable bonds is 3. The van der Waals surface area contributed by atoms with E-state index in [4.69, 9.17) is 21.8 Å². The van der Waals surface area contributed by atoms with Crippen molar-refractivity contribution in [2.24, 2.45) is 39.4 Å². The molecule has 202 valence electrons. The summed E-state index contributed by atoms with van der Waals surface area (Å²) in [6.07, 6.45) is 9.28. The Morgan fingerprint density at radius 2 is 1.97 bits per heavy atom. The number of anilines is 1. The van der Waals surface area contributed by atoms with Gasteiger partial charge in [0, 0.05) is 16.1 Å². The first-order chi connectivity index (χ1) is 17.6. The largest absolute Gasteiger partial charge is 0.466 e. The Hall–Kier alpha value is -1.18. The highest BCUT2D eigenvalue weighted by Gasteiger charge is 2.73. The Labute approximate surface area is 235 Å². The molecule has 7 heteroatoms. The zero-order valence-corrected chi connectivity index (χ0v) is 25.1. The molecule has 1 aromatic carbocycles. The molecular formula is C30H41BrN2O3S. The molecule has 1 aromatic rings. The average Bonchev–Trinajstić information content (AvgIpc) is 3.37. The van der Waals surface area contributed by atoms with Crippen molar-refractivity contribution in [2.75, 3.05) is 18.5 Å². The van der Waals surface area contributed by atoms with Gasteiger partial charge in [0.2, 0.25) is 0 Å². The summed E-state index contributed by atoms with van der Waals surface area (Å²) in [4.78, 5) is 19.7. The molecule has 5 fully saturated rings. The molecule has 5 aliphatic rings. The van der Waals surface area contributed by atoms with Crippen LogP contribution < -0.4 is 5.32 Å². The molecule has 1 heterocycles. The summed E-state index contributed by atoms with van der Waals surface area (Å²) >= 11 is 9.50. The fourth-order valence-electron chi connectivity index (χ4n) is 10.4. The maximum atomic E-state index is 13.3. The highest BCUT2D eigenvalue weighted by Crippen LogP contribution is 2.76. The number of ether oxygens (including phenoxy) is 1. The van der Waals surface area contributed by atoms with Gasteiger partial charge in [-0.1, -0.05) is 42.3 Å². The van der Waals surface area contributed by atoms with Crippen LogP contribution in [0.25, 0.3) is 0 Å². The van der Waals surface area contributed by atoms with Crippen LogP contribution in [-0.4, -0.2) is 35.4 Å². The Morgan fingerprint density at radius 1 is 1.19 bits per heavy atom. The summed E-state index contributed by atoms with van der Waals surface area (Å²) in [6.45, 7) is 10.4. The summed E-state index contributed by atoms with van der Waals surface area (Å²) in [5, 5.41) is 6.18. The maximum Gasteiger partial charge on any atom is 0.312 e. The van der Waals surface area contributed by atoms with Gasteiger partial charge in [-0.15, -0.1) is 0 Å². The first-order valence-corrected chi connectivity index (χ1v) is 15.4. The van der Waals surface area contributed by atoms with Crippen LogP contribution in [0.4, 0.5) is 5.69 Å². The number of hydroxylamine groups is 2. The van der Waals surface area contributed by atoms with Gasteiger partial charge < -0.3 is 10.1 Å². The predicted octanol–water partition coefficient (Wildman–Crippen LogP) is 7.35. The van der Waals surface area contributed by atoms with Gasteiger partial charge in [0.15, 0.2) is 5.11 Å². The molecule has 1 aliphatic heterocycles. The smallest absolute Gasteiger partial charge is 0.312 e. The van der Waals surface area contributed by atoms with Gasteiger partial charge in [0.25, 0.3) is 0 Å². The van der Waals surface area contributed by atoms with Crippen molar-refractivity contribution in [1.82, 2.24) is 5.06 Å². The van der Waals surface area contributed by atoms with E-state index >= 15 is 0 Å². The second-order valence-electron chi connectivity index (χ2n) is 13.4. The SMILES string of the molecule is CCOC(=O)[C@]1(C)CCC[C@@]2(C)[C@@H]3CC[C@@]4(C)C[C@]3(CC[C@@H]21)[C@@H]1CON(C(=S)Nc2cccc(Br)c2)[C@@H]14. The molecule has 4 saturated carbocycles. The molecule has 6 rings (SSSR count).